The van der Waals surface area contributed by atoms with Crippen LogP contribution in [0.25, 0.3) is 0 Å². The molecule has 3 heterocycles. The maximum absolute atomic E-state index is 13.0. The fraction of sp³-hybridized carbons (Fsp3) is 0.476. The first kappa shape index (κ1) is 18.5. The van der Waals surface area contributed by atoms with E-state index in [1.165, 1.54) is 18.5 Å². The molecule has 0 radical (unpaired) electrons. The van der Waals surface area contributed by atoms with Crippen LogP contribution in [0.4, 0.5) is 5.69 Å². The number of nitrogens with zero attached hydrogens (tertiary/aromatic N) is 4. The minimum absolute atomic E-state index is 0.0368. The third kappa shape index (κ3) is 4.03. The smallest absolute Gasteiger partial charge is 0.303 e. The molecule has 2 aliphatic rings. The van der Waals surface area contributed by atoms with Gasteiger partial charge in [0.05, 0.1) is 24.4 Å². The molecule has 148 valence electrons. The van der Waals surface area contributed by atoms with Crippen LogP contribution in [0.5, 0.6) is 0 Å². The van der Waals surface area contributed by atoms with Crippen molar-refractivity contribution in [1.29, 1.82) is 0 Å². The number of fused-ring (bicyclic) bond motifs is 1. The van der Waals surface area contributed by atoms with E-state index in [0.717, 1.165) is 37.4 Å². The zero-order valence-electron chi connectivity index (χ0n) is 16.0. The zero-order valence-corrected chi connectivity index (χ0v) is 16.0. The molecule has 0 saturated carbocycles. The number of anilines is 1. The number of amides is 1. The summed E-state index contributed by atoms with van der Waals surface area (Å²) in [5.74, 6) is -0.785. The van der Waals surface area contributed by atoms with Crippen molar-refractivity contribution >= 4 is 17.6 Å². The number of carbonyl (C=O) groups is 2. The highest BCUT2D eigenvalue weighted by molar-refractivity contribution is 5.94. The van der Waals surface area contributed by atoms with Gasteiger partial charge in [0.25, 0.3) is 5.91 Å². The fourth-order valence-electron chi connectivity index (χ4n) is 4.03. The molecular formula is C21H26N4O3. The van der Waals surface area contributed by atoms with E-state index in [1.54, 1.807) is 0 Å². The Kier molecular flexibility index (Phi) is 5.32. The van der Waals surface area contributed by atoms with Crippen molar-refractivity contribution in [2.24, 2.45) is 0 Å². The Balaban J connectivity index is 1.45. The number of carbonyl (C=O) groups excluding carboxylic acids is 1. The summed E-state index contributed by atoms with van der Waals surface area (Å²) in [5.41, 5.74) is 3.65. The lowest BCUT2D eigenvalue weighted by molar-refractivity contribution is -0.136. The van der Waals surface area contributed by atoms with Crippen LogP contribution in [0.2, 0.25) is 0 Å². The minimum atomic E-state index is -0.822. The standard InChI is InChI=1S/C21H26N4O3/c26-20(27)9-6-17-14-19-15-24(12-3-13-25(19)22-17)21(28)16-4-7-18(8-5-16)23-10-1-2-11-23/h4-5,7-8,14H,1-3,6,9-13,15H2,(H,26,27). The summed E-state index contributed by atoms with van der Waals surface area (Å²) >= 11 is 0. The average molecular weight is 382 g/mol. The molecule has 0 spiro atoms. The maximum atomic E-state index is 13.0. The van der Waals surface area contributed by atoms with Crippen LogP contribution in [-0.2, 0) is 24.3 Å². The SMILES string of the molecule is O=C(O)CCc1cc2n(n1)CCCN(C(=O)c1ccc(N3CCCC3)cc1)C2. The number of carboxylic acids is 1. The predicted molar refractivity (Wildman–Crippen MR) is 105 cm³/mol. The molecule has 2 aliphatic heterocycles. The highest BCUT2D eigenvalue weighted by Gasteiger charge is 2.22. The van der Waals surface area contributed by atoms with Crippen molar-refractivity contribution in [2.45, 2.75) is 45.2 Å². The first-order valence-corrected chi connectivity index (χ1v) is 10.0. The van der Waals surface area contributed by atoms with Crippen LogP contribution >= 0.6 is 0 Å². The van der Waals surface area contributed by atoms with Crippen molar-refractivity contribution in [2.75, 3.05) is 24.5 Å². The molecule has 1 saturated heterocycles. The Morgan fingerprint density at radius 1 is 1.00 bits per heavy atom. The maximum Gasteiger partial charge on any atom is 0.303 e. The molecule has 1 aromatic carbocycles. The number of rotatable bonds is 5. The molecule has 28 heavy (non-hydrogen) atoms. The van der Waals surface area contributed by atoms with E-state index in [4.69, 9.17) is 5.11 Å². The lowest BCUT2D eigenvalue weighted by Gasteiger charge is -2.21. The summed E-state index contributed by atoms with van der Waals surface area (Å²) in [6, 6.07) is 9.88. The highest BCUT2D eigenvalue weighted by Crippen LogP contribution is 2.22. The first-order chi connectivity index (χ1) is 13.6. The van der Waals surface area contributed by atoms with Crippen LogP contribution < -0.4 is 4.90 Å². The quantitative estimate of drug-likeness (QED) is 0.860. The molecule has 0 aliphatic carbocycles. The van der Waals surface area contributed by atoms with Crippen LogP contribution in [0.1, 0.15) is 47.4 Å². The molecule has 0 atom stereocenters. The Hall–Kier alpha value is -2.83. The number of carboxylic acid groups (broad SMARTS) is 1. The van der Waals surface area contributed by atoms with Crippen molar-refractivity contribution in [1.82, 2.24) is 14.7 Å². The van der Waals surface area contributed by atoms with E-state index in [2.05, 4.69) is 10.00 Å². The monoisotopic (exact) mass is 382 g/mol. The lowest BCUT2D eigenvalue weighted by atomic mass is 10.1. The van der Waals surface area contributed by atoms with Gasteiger partial charge in [0.15, 0.2) is 0 Å². The third-order valence-electron chi connectivity index (χ3n) is 5.53. The molecule has 7 heteroatoms. The highest BCUT2D eigenvalue weighted by atomic mass is 16.4. The van der Waals surface area contributed by atoms with Gasteiger partial charge in [-0.05, 0) is 49.6 Å². The largest absolute Gasteiger partial charge is 0.481 e. The second-order valence-electron chi connectivity index (χ2n) is 7.57. The van der Waals surface area contributed by atoms with Crippen molar-refractivity contribution in [3.8, 4) is 0 Å². The fourth-order valence-corrected chi connectivity index (χ4v) is 4.03. The second kappa shape index (κ2) is 8.04. The number of aliphatic carboxylic acids is 1. The van der Waals surface area contributed by atoms with Gasteiger partial charge >= 0.3 is 5.97 Å². The van der Waals surface area contributed by atoms with E-state index in [1.807, 2.05) is 39.9 Å². The van der Waals surface area contributed by atoms with Crippen LogP contribution in [0.3, 0.4) is 0 Å². The van der Waals surface area contributed by atoms with E-state index < -0.39 is 5.97 Å². The summed E-state index contributed by atoms with van der Waals surface area (Å²) in [7, 11) is 0. The number of hydrogen-bond donors (Lipinski definition) is 1. The van der Waals surface area contributed by atoms with Gasteiger partial charge in [-0.2, -0.15) is 5.10 Å². The zero-order chi connectivity index (χ0) is 19.5. The van der Waals surface area contributed by atoms with Gasteiger partial charge in [-0.25, -0.2) is 0 Å². The molecule has 1 amide bonds. The lowest BCUT2D eigenvalue weighted by Crippen LogP contribution is -2.30. The summed E-state index contributed by atoms with van der Waals surface area (Å²) in [5, 5.41) is 13.4. The van der Waals surface area contributed by atoms with Gasteiger partial charge in [0.2, 0.25) is 0 Å². The van der Waals surface area contributed by atoms with E-state index >= 15 is 0 Å². The summed E-state index contributed by atoms with van der Waals surface area (Å²) in [6.45, 7) is 4.13. The van der Waals surface area contributed by atoms with Crippen molar-refractivity contribution in [3.05, 3.63) is 47.3 Å². The molecule has 1 fully saturated rings. The molecule has 0 unspecified atom stereocenters. The molecular weight excluding hydrogens is 356 g/mol. The van der Waals surface area contributed by atoms with Crippen LogP contribution in [-0.4, -0.2) is 51.3 Å². The summed E-state index contributed by atoms with van der Waals surface area (Å²) < 4.78 is 1.92. The van der Waals surface area contributed by atoms with Gasteiger partial charge in [-0.1, -0.05) is 0 Å². The van der Waals surface area contributed by atoms with Gasteiger partial charge in [0, 0.05) is 43.9 Å². The Labute approximate surface area is 164 Å². The molecule has 1 aromatic heterocycles. The van der Waals surface area contributed by atoms with Gasteiger partial charge in [-0.3, -0.25) is 14.3 Å². The van der Waals surface area contributed by atoms with Crippen molar-refractivity contribution in [3.63, 3.8) is 0 Å². The number of hydrogen-bond acceptors (Lipinski definition) is 4. The molecule has 1 N–H and O–H groups in total. The number of aryl methyl sites for hydroxylation is 2. The Morgan fingerprint density at radius 2 is 1.75 bits per heavy atom. The molecule has 2 aromatic rings. The third-order valence-corrected chi connectivity index (χ3v) is 5.53. The topological polar surface area (TPSA) is 78.7 Å². The van der Waals surface area contributed by atoms with Gasteiger partial charge < -0.3 is 14.9 Å². The first-order valence-electron chi connectivity index (χ1n) is 10.0. The normalized spacial score (nSPS) is 16.7. The predicted octanol–water partition coefficient (Wildman–Crippen LogP) is 2.55. The number of benzene rings is 1. The van der Waals surface area contributed by atoms with Crippen LogP contribution in [0.15, 0.2) is 30.3 Å². The van der Waals surface area contributed by atoms with Crippen LogP contribution in [0, 0.1) is 0 Å². The van der Waals surface area contributed by atoms with E-state index in [-0.39, 0.29) is 12.3 Å². The van der Waals surface area contributed by atoms with Gasteiger partial charge in [0.1, 0.15) is 0 Å². The summed E-state index contributed by atoms with van der Waals surface area (Å²) in [6.07, 6.45) is 3.79. The van der Waals surface area contributed by atoms with E-state index in [0.29, 0.717) is 25.1 Å². The molecule has 0 bridgehead atoms. The van der Waals surface area contributed by atoms with Crippen molar-refractivity contribution < 1.29 is 14.7 Å². The second-order valence-corrected chi connectivity index (χ2v) is 7.57. The average Bonchev–Trinajstić information content (AvgIpc) is 3.32. The minimum Gasteiger partial charge on any atom is -0.481 e. The summed E-state index contributed by atoms with van der Waals surface area (Å²) in [4.78, 5) is 28.0. The van der Waals surface area contributed by atoms with Gasteiger partial charge in [-0.15, -0.1) is 0 Å². The molecule has 4 rings (SSSR count). The Morgan fingerprint density at radius 3 is 2.46 bits per heavy atom. The number of aromatic nitrogens is 2. The molecule has 7 nitrogen and oxygen atoms in total. The van der Waals surface area contributed by atoms with E-state index in [9.17, 15) is 9.59 Å². The Bertz CT molecular complexity index is 853.